The van der Waals surface area contributed by atoms with Crippen LogP contribution in [-0.2, 0) is 19.1 Å². The molecule has 0 aliphatic carbocycles. The van der Waals surface area contributed by atoms with Crippen molar-refractivity contribution in [3.05, 3.63) is 78.1 Å². The highest BCUT2D eigenvalue weighted by molar-refractivity contribution is 5.88. The zero-order valence-corrected chi connectivity index (χ0v) is 16.8. The molecule has 1 N–H and O–H groups in total. The standard InChI is InChI=1S/C23H23FO6/c1-14(2)21(25)28-11-12-29-23(27)19-10-7-17(13-20(19)24)16-5-8-18(9-6-16)30-22(26)15(3)4/h5-10,13,23,27H,1,3,11-12H2,2,4H3. The highest BCUT2D eigenvalue weighted by Gasteiger charge is 2.15. The van der Waals surface area contributed by atoms with Crippen molar-refractivity contribution in [3.63, 3.8) is 0 Å². The van der Waals surface area contributed by atoms with Crippen LogP contribution in [0.15, 0.2) is 66.8 Å². The van der Waals surface area contributed by atoms with Gasteiger partial charge in [0.1, 0.15) is 18.2 Å². The van der Waals surface area contributed by atoms with Gasteiger partial charge < -0.3 is 19.3 Å². The minimum Gasteiger partial charge on any atom is -0.460 e. The van der Waals surface area contributed by atoms with Gasteiger partial charge in [-0.3, -0.25) is 0 Å². The van der Waals surface area contributed by atoms with Gasteiger partial charge in [0.15, 0.2) is 6.29 Å². The van der Waals surface area contributed by atoms with Crippen LogP contribution < -0.4 is 4.74 Å². The van der Waals surface area contributed by atoms with Gasteiger partial charge in [-0.25, -0.2) is 14.0 Å². The molecule has 30 heavy (non-hydrogen) atoms. The second-order valence-corrected chi connectivity index (χ2v) is 6.57. The van der Waals surface area contributed by atoms with Gasteiger partial charge >= 0.3 is 11.9 Å². The molecule has 0 saturated carbocycles. The number of carbonyl (C=O) groups excluding carboxylic acids is 2. The predicted octanol–water partition coefficient (Wildman–Crippen LogP) is 4.10. The number of aliphatic hydroxyl groups excluding tert-OH is 1. The van der Waals surface area contributed by atoms with E-state index in [1.165, 1.54) is 19.1 Å². The predicted molar refractivity (Wildman–Crippen MR) is 109 cm³/mol. The van der Waals surface area contributed by atoms with Gasteiger partial charge in [0, 0.05) is 16.7 Å². The number of carbonyl (C=O) groups is 2. The van der Waals surface area contributed by atoms with E-state index >= 15 is 0 Å². The molecular weight excluding hydrogens is 391 g/mol. The SMILES string of the molecule is C=C(C)C(=O)OCCOC(O)c1ccc(-c2ccc(OC(=O)C(=C)C)cc2)cc1F. The summed E-state index contributed by atoms with van der Waals surface area (Å²) in [4.78, 5) is 22.8. The Bertz CT molecular complexity index is 949. The largest absolute Gasteiger partial charge is 0.460 e. The third-order valence-electron chi connectivity index (χ3n) is 3.95. The molecule has 0 spiro atoms. The highest BCUT2D eigenvalue weighted by atomic mass is 19.1. The number of hydrogen-bond donors (Lipinski definition) is 1. The second kappa shape index (κ2) is 10.5. The Morgan fingerprint density at radius 1 is 0.967 bits per heavy atom. The molecule has 7 heteroatoms. The molecule has 0 aliphatic rings. The molecule has 1 atom stereocenters. The smallest absolute Gasteiger partial charge is 0.338 e. The van der Waals surface area contributed by atoms with Gasteiger partial charge in [0.2, 0.25) is 0 Å². The molecule has 6 nitrogen and oxygen atoms in total. The normalized spacial score (nSPS) is 11.5. The summed E-state index contributed by atoms with van der Waals surface area (Å²) in [6.07, 6.45) is -1.51. The Labute approximate surface area is 174 Å². The number of ether oxygens (including phenoxy) is 3. The quantitative estimate of drug-likeness (QED) is 0.219. The van der Waals surface area contributed by atoms with Crippen molar-refractivity contribution in [2.24, 2.45) is 0 Å². The van der Waals surface area contributed by atoms with E-state index in [2.05, 4.69) is 13.2 Å². The van der Waals surface area contributed by atoms with Crippen molar-refractivity contribution in [2.45, 2.75) is 20.1 Å². The van der Waals surface area contributed by atoms with E-state index in [-0.39, 0.29) is 29.9 Å². The zero-order valence-electron chi connectivity index (χ0n) is 16.8. The molecule has 2 rings (SSSR count). The van der Waals surface area contributed by atoms with Crippen LogP contribution in [-0.4, -0.2) is 30.3 Å². The zero-order chi connectivity index (χ0) is 22.3. The molecule has 0 amide bonds. The van der Waals surface area contributed by atoms with Crippen molar-refractivity contribution in [1.29, 1.82) is 0 Å². The Morgan fingerprint density at radius 3 is 2.13 bits per heavy atom. The fourth-order valence-electron chi connectivity index (χ4n) is 2.32. The summed E-state index contributed by atoms with van der Waals surface area (Å²) in [7, 11) is 0. The minimum absolute atomic E-state index is 0.0445. The number of benzene rings is 2. The van der Waals surface area contributed by atoms with Gasteiger partial charge in [0.25, 0.3) is 0 Å². The molecule has 158 valence electrons. The fraction of sp³-hybridized carbons (Fsp3) is 0.217. The van der Waals surface area contributed by atoms with Crippen LogP contribution in [0.3, 0.4) is 0 Å². The van der Waals surface area contributed by atoms with Crippen LogP contribution in [0.1, 0.15) is 25.7 Å². The van der Waals surface area contributed by atoms with Crippen LogP contribution in [0.25, 0.3) is 11.1 Å². The summed E-state index contributed by atoms with van der Waals surface area (Å²) in [6.45, 7) is 9.82. The number of rotatable bonds is 9. The Balaban J connectivity index is 1.99. The van der Waals surface area contributed by atoms with E-state index in [4.69, 9.17) is 14.2 Å². The van der Waals surface area contributed by atoms with Crippen LogP contribution in [0.4, 0.5) is 4.39 Å². The topological polar surface area (TPSA) is 82.1 Å². The first-order chi connectivity index (χ1) is 14.2. The van der Waals surface area contributed by atoms with E-state index in [1.54, 1.807) is 37.3 Å². The van der Waals surface area contributed by atoms with Crippen molar-refractivity contribution in [3.8, 4) is 16.9 Å². The number of esters is 2. The lowest BCUT2D eigenvalue weighted by atomic mass is 10.0. The number of aliphatic hydroxyl groups is 1. The van der Waals surface area contributed by atoms with Gasteiger partial charge in [-0.2, -0.15) is 0 Å². The van der Waals surface area contributed by atoms with Crippen LogP contribution >= 0.6 is 0 Å². The average Bonchev–Trinajstić information content (AvgIpc) is 2.71. The van der Waals surface area contributed by atoms with Crippen LogP contribution in [0.5, 0.6) is 5.75 Å². The Morgan fingerprint density at radius 2 is 1.57 bits per heavy atom. The molecule has 0 radical (unpaired) electrons. The van der Waals surface area contributed by atoms with Crippen molar-refractivity contribution >= 4 is 11.9 Å². The first-order valence-corrected chi connectivity index (χ1v) is 9.09. The van der Waals surface area contributed by atoms with Gasteiger partial charge in [-0.15, -0.1) is 0 Å². The second-order valence-electron chi connectivity index (χ2n) is 6.57. The molecule has 0 bridgehead atoms. The lowest BCUT2D eigenvalue weighted by Gasteiger charge is -2.14. The van der Waals surface area contributed by atoms with Crippen molar-refractivity contribution in [2.75, 3.05) is 13.2 Å². The van der Waals surface area contributed by atoms with E-state index in [0.717, 1.165) is 0 Å². The van der Waals surface area contributed by atoms with Crippen molar-refractivity contribution in [1.82, 2.24) is 0 Å². The maximum Gasteiger partial charge on any atom is 0.338 e. The summed E-state index contributed by atoms with van der Waals surface area (Å²) < 4.78 is 29.5. The molecule has 2 aromatic carbocycles. The summed E-state index contributed by atoms with van der Waals surface area (Å²) >= 11 is 0. The molecule has 0 heterocycles. The third kappa shape index (κ3) is 6.37. The Hall–Kier alpha value is -3.29. The molecule has 1 unspecified atom stereocenters. The first kappa shape index (κ1) is 23.0. The number of halogens is 1. The summed E-state index contributed by atoms with van der Waals surface area (Å²) in [5, 5.41) is 10.0. The molecule has 0 aliphatic heterocycles. The lowest BCUT2D eigenvalue weighted by Crippen LogP contribution is -2.14. The number of hydrogen-bond acceptors (Lipinski definition) is 6. The molecule has 2 aromatic rings. The lowest BCUT2D eigenvalue weighted by molar-refractivity contribution is -0.147. The maximum atomic E-state index is 14.5. The summed E-state index contributed by atoms with van der Waals surface area (Å²) in [6, 6.07) is 10.8. The van der Waals surface area contributed by atoms with Crippen LogP contribution in [0, 0.1) is 5.82 Å². The first-order valence-electron chi connectivity index (χ1n) is 9.09. The molecule has 0 saturated heterocycles. The van der Waals surface area contributed by atoms with E-state index in [9.17, 15) is 19.1 Å². The average molecular weight is 414 g/mol. The van der Waals surface area contributed by atoms with Gasteiger partial charge in [-0.1, -0.05) is 37.4 Å². The van der Waals surface area contributed by atoms with E-state index in [1.807, 2.05) is 0 Å². The van der Waals surface area contributed by atoms with Gasteiger partial charge in [-0.05, 0) is 43.2 Å². The highest BCUT2D eigenvalue weighted by Crippen LogP contribution is 2.27. The Kier molecular flexibility index (Phi) is 8.03. The molecule has 0 fully saturated rings. The monoisotopic (exact) mass is 414 g/mol. The third-order valence-corrected chi connectivity index (χ3v) is 3.95. The van der Waals surface area contributed by atoms with Gasteiger partial charge in [0.05, 0.1) is 6.61 Å². The van der Waals surface area contributed by atoms with Crippen molar-refractivity contribution < 1.29 is 33.3 Å². The minimum atomic E-state index is -1.51. The fourth-order valence-corrected chi connectivity index (χ4v) is 2.32. The van der Waals surface area contributed by atoms with E-state index < -0.39 is 24.0 Å². The summed E-state index contributed by atoms with van der Waals surface area (Å²) in [5.41, 5.74) is 1.75. The molecular formula is C23H23FO6. The van der Waals surface area contributed by atoms with E-state index in [0.29, 0.717) is 16.9 Å². The summed E-state index contributed by atoms with van der Waals surface area (Å²) in [5.74, 6) is -1.40. The maximum absolute atomic E-state index is 14.5. The van der Waals surface area contributed by atoms with Crippen LogP contribution in [0.2, 0.25) is 0 Å². The molecule has 0 aromatic heterocycles.